The first-order chi connectivity index (χ1) is 16.5. The van der Waals surface area contributed by atoms with Crippen LogP contribution in [-0.2, 0) is 17.9 Å². The topological polar surface area (TPSA) is 79.0 Å². The Hall–Kier alpha value is -3.10. The lowest BCUT2D eigenvalue weighted by atomic mass is 10.0. The fourth-order valence-corrected chi connectivity index (χ4v) is 5.58. The lowest BCUT2D eigenvalue weighted by molar-refractivity contribution is -0.125. The molecule has 0 spiro atoms. The molecule has 5 rings (SSSR count). The highest BCUT2D eigenvalue weighted by Crippen LogP contribution is 2.34. The summed E-state index contributed by atoms with van der Waals surface area (Å²) < 4.78 is 6.00. The van der Waals surface area contributed by atoms with Gasteiger partial charge in [0.2, 0.25) is 5.91 Å². The van der Waals surface area contributed by atoms with Crippen molar-refractivity contribution in [3.05, 3.63) is 77.0 Å². The van der Waals surface area contributed by atoms with Crippen LogP contribution in [0.5, 0.6) is 5.75 Å². The molecular weight excluding hydrogens is 450 g/mol. The summed E-state index contributed by atoms with van der Waals surface area (Å²) in [5, 5.41) is 2.65. The molecule has 1 unspecified atom stereocenters. The van der Waals surface area contributed by atoms with Crippen LogP contribution in [0.2, 0.25) is 0 Å². The standard InChI is InChI=1S/C26H27N3O4S/c1-17-5-10-21(24(30)27-17)29-25(31)20-3-2-4-22(23(20)26(29)32)33-16-19-8-6-18(7-9-19)15-28-11-13-34-14-12-28/h2-4,6-9,21H,1,5,10-16H2,(H,27,30). The van der Waals surface area contributed by atoms with Crippen LogP contribution in [0.1, 0.15) is 44.7 Å². The molecule has 2 fully saturated rings. The molecule has 0 radical (unpaired) electrons. The highest BCUT2D eigenvalue weighted by Gasteiger charge is 2.45. The molecular formula is C26H27N3O4S. The van der Waals surface area contributed by atoms with Crippen molar-refractivity contribution in [1.29, 1.82) is 0 Å². The Morgan fingerprint density at radius 1 is 1.00 bits per heavy atom. The van der Waals surface area contributed by atoms with Crippen LogP contribution in [0.3, 0.4) is 0 Å². The van der Waals surface area contributed by atoms with Crippen molar-refractivity contribution < 1.29 is 19.1 Å². The van der Waals surface area contributed by atoms with Crippen molar-refractivity contribution in [2.75, 3.05) is 24.6 Å². The highest BCUT2D eigenvalue weighted by molar-refractivity contribution is 7.99. The molecule has 1 N–H and O–H groups in total. The number of hydrogen-bond donors (Lipinski definition) is 1. The number of piperidine rings is 1. The predicted molar refractivity (Wildman–Crippen MR) is 131 cm³/mol. The minimum absolute atomic E-state index is 0.226. The molecule has 3 aliphatic rings. The van der Waals surface area contributed by atoms with Crippen LogP contribution in [0.25, 0.3) is 0 Å². The molecule has 3 aliphatic heterocycles. The Labute approximate surface area is 203 Å². The van der Waals surface area contributed by atoms with Crippen molar-refractivity contribution in [2.45, 2.75) is 32.0 Å². The monoisotopic (exact) mass is 477 g/mol. The van der Waals surface area contributed by atoms with Gasteiger partial charge in [-0.05, 0) is 36.1 Å². The van der Waals surface area contributed by atoms with E-state index in [0.717, 1.165) is 30.1 Å². The highest BCUT2D eigenvalue weighted by atomic mass is 32.2. The summed E-state index contributed by atoms with van der Waals surface area (Å²) in [4.78, 5) is 42.2. The van der Waals surface area contributed by atoms with E-state index in [1.54, 1.807) is 18.2 Å². The van der Waals surface area contributed by atoms with E-state index in [4.69, 9.17) is 4.74 Å². The molecule has 3 amide bonds. The number of carbonyl (C=O) groups excluding carboxylic acids is 3. The third-order valence-electron chi connectivity index (χ3n) is 6.47. The van der Waals surface area contributed by atoms with Gasteiger partial charge in [-0.2, -0.15) is 11.8 Å². The number of nitrogens with zero attached hydrogens (tertiary/aromatic N) is 2. The molecule has 8 heteroatoms. The molecule has 2 aromatic carbocycles. The lowest BCUT2D eigenvalue weighted by Crippen LogP contribution is -2.51. The van der Waals surface area contributed by atoms with E-state index in [0.29, 0.717) is 24.3 Å². The molecule has 0 aliphatic carbocycles. The average molecular weight is 478 g/mol. The van der Waals surface area contributed by atoms with Gasteiger partial charge in [-0.1, -0.05) is 36.9 Å². The fraction of sp³-hybridized carbons (Fsp3) is 0.346. The molecule has 0 saturated carbocycles. The van der Waals surface area contributed by atoms with Gasteiger partial charge in [0.25, 0.3) is 11.8 Å². The quantitative estimate of drug-likeness (QED) is 0.644. The molecule has 7 nitrogen and oxygen atoms in total. The maximum absolute atomic E-state index is 13.2. The number of fused-ring (bicyclic) bond motifs is 1. The number of hydrogen-bond acceptors (Lipinski definition) is 6. The first kappa shape index (κ1) is 22.7. The van der Waals surface area contributed by atoms with Crippen LogP contribution in [-0.4, -0.2) is 58.2 Å². The van der Waals surface area contributed by atoms with E-state index in [2.05, 4.69) is 28.9 Å². The number of imide groups is 1. The number of thioether (sulfide) groups is 1. The molecule has 34 heavy (non-hydrogen) atoms. The molecule has 0 aromatic heterocycles. The molecule has 1 atom stereocenters. The smallest absolute Gasteiger partial charge is 0.266 e. The van der Waals surface area contributed by atoms with Gasteiger partial charge in [0.1, 0.15) is 18.4 Å². The summed E-state index contributed by atoms with van der Waals surface area (Å²) in [6.07, 6.45) is 0.898. The van der Waals surface area contributed by atoms with Gasteiger partial charge in [-0.15, -0.1) is 0 Å². The van der Waals surface area contributed by atoms with Crippen LogP contribution in [0.4, 0.5) is 0 Å². The van der Waals surface area contributed by atoms with Gasteiger partial charge < -0.3 is 10.1 Å². The zero-order valence-electron chi connectivity index (χ0n) is 18.9. The third kappa shape index (κ3) is 4.48. The van der Waals surface area contributed by atoms with E-state index in [-0.39, 0.29) is 23.6 Å². The van der Waals surface area contributed by atoms with Crippen molar-refractivity contribution in [3.63, 3.8) is 0 Å². The van der Waals surface area contributed by atoms with E-state index < -0.39 is 17.9 Å². The van der Waals surface area contributed by atoms with Crippen LogP contribution < -0.4 is 10.1 Å². The number of amides is 3. The van der Waals surface area contributed by atoms with Gasteiger partial charge in [-0.3, -0.25) is 24.2 Å². The Morgan fingerprint density at radius 3 is 2.47 bits per heavy atom. The van der Waals surface area contributed by atoms with E-state index in [9.17, 15) is 14.4 Å². The van der Waals surface area contributed by atoms with Gasteiger partial charge in [0, 0.05) is 36.8 Å². The van der Waals surface area contributed by atoms with E-state index in [1.807, 2.05) is 23.9 Å². The van der Waals surface area contributed by atoms with Gasteiger partial charge in [0.15, 0.2) is 0 Å². The van der Waals surface area contributed by atoms with Gasteiger partial charge in [-0.25, -0.2) is 0 Å². The van der Waals surface area contributed by atoms with E-state index in [1.165, 1.54) is 17.1 Å². The summed E-state index contributed by atoms with van der Waals surface area (Å²) >= 11 is 2.00. The third-order valence-corrected chi connectivity index (χ3v) is 7.41. The van der Waals surface area contributed by atoms with E-state index >= 15 is 0 Å². The predicted octanol–water partition coefficient (Wildman–Crippen LogP) is 3.20. The molecule has 176 valence electrons. The number of rotatable bonds is 6. The Bertz CT molecular complexity index is 1140. The van der Waals surface area contributed by atoms with Crippen molar-refractivity contribution in [3.8, 4) is 5.75 Å². The average Bonchev–Trinajstić information content (AvgIpc) is 3.10. The Balaban J connectivity index is 1.27. The van der Waals surface area contributed by atoms with Crippen molar-refractivity contribution in [1.82, 2.24) is 15.1 Å². The summed E-state index contributed by atoms with van der Waals surface area (Å²) in [7, 11) is 0. The summed E-state index contributed by atoms with van der Waals surface area (Å²) in [5.41, 5.74) is 3.34. The second-order valence-electron chi connectivity index (χ2n) is 8.80. The summed E-state index contributed by atoms with van der Waals surface area (Å²) in [6, 6.07) is 12.5. The lowest BCUT2D eigenvalue weighted by Gasteiger charge is -2.29. The fourth-order valence-electron chi connectivity index (χ4n) is 4.60. The zero-order valence-corrected chi connectivity index (χ0v) is 19.7. The maximum atomic E-state index is 13.2. The second kappa shape index (κ2) is 9.64. The number of allylic oxidation sites excluding steroid dienone is 1. The SMILES string of the molecule is C=C1CCC(N2C(=O)c3cccc(OCc4ccc(CN5CCSCC5)cc4)c3C2=O)C(=O)N1. The molecule has 3 heterocycles. The molecule has 2 saturated heterocycles. The van der Waals surface area contributed by atoms with Gasteiger partial charge >= 0.3 is 0 Å². The number of carbonyl (C=O) groups is 3. The van der Waals surface area contributed by atoms with Crippen LogP contribution >= 0.6 is 11.8 Å². The molecule has 0 bridgehead atoms. The molecule has 2 aromatic rings. The van der Waals surface area contributed by atoms with Crippen LogP contribution in [0.15, 0.2) is 54.7 Å². The maximum Gasteiger partial charge on any atom is 0.266 e. The van der Waals surface area contributed by atoms with Crippen molar-refractivity contribution in [2.24, 2.45) is 0 Å². The summed E-state index contributed by atoms with van der Waals surface area (Å²) in [6.45, 7) is 7.23. The number of nitrogens with one attached hydrogen (secondary N) is 1. The largest absolute Gasteiger partial charge is 0.488 e. The minimum Gasteiger partial charge on any atom is -0.488 e. The first-order valence-corrected chi connectivity index (χ1v) is 12.7. The Kier molecular flexibility index (Phi) is 6.43. The van der Waals surface area contributed by atoms with Crippen molar-refractivity contribution >= 4 is 29.5 Å². The zero-order chi connectivity index (χ0) is 23.7. The second-order valence-corrected chi connectivity index (χ2v) is 10.0. The number of ether oxygens (including phenoxy) is 1. The Morgan fingerprint density at radius 2 is 1.74 bits per heavy atom. The van der Waals surface area contributed by atoms with Crippen LogP contribution in [0, 0.1) is 0 Å². The minimum atomic E-state index is -0.836. The normalized spacial score (nSPS) is 20.9. The van der Waals surface area contributed by atoms with Gasteiger partial charge in [0.05, 0.1) is 11.1 Å². The number of benzene rings is 2. The summed E-state index contributed by atoms with van der Waals surface area (Å²) in [5.74, 6) is 1.40. The first-order valence-electron chi connectivity index (χ1n) is 11.5.